The van der Waals surface area contributed by atoms with Gasteiger partial charge in [0.25, 0.3) is 5.91 Å². The van der Waals surface area contributed by atoms with Gasteiger partial charge in [-0.2, -0.15) is 0 Å². The van der Waals surface area contributed by atoms with Gasteiger partial charge >= 0.3 is 5.69 Å². The molecule has 1 saturated carbocycles. The molecule has 2 aliphatic rings. The van der Waals surface area contributed by atoms with Crippen LogP contribution in [0.25, 0.3) is 6.08 Å². The lowest BCUT2D eigenvalue weighted by atomic mass is 10.1. The van der Waals surface area contributed by atoms with Crippen molar-refractivity contribution in [1.29, 1.82) is 0 Å². The van der Waals surface area contributed by atoms with Crippen LogP contribution in [0.1, 0.15) is 31.2 Å². The van der Waals surface area contributed by atoms with Gasteiger partial charge in [0.2, 0.25) is 5.75 Å². The Morgan fingerprint density at radius 2 is 1.93 bits per heavy atom. The molecule has 1 saturated heterocycles. The summed E-state index contributed by atoms with van der Waals surface area (Å²) in [6.07, 6.45) is 5.95. The van der Waals surface area contributed by atoms with E-state index in [1.54, 1.807) is 12.1 Å². The van der Waals surface area contributed by atoms with Crippen molar-refractivity contribution in [3.05, 3.63) is 68.9 Å². The predicted molar refractivity (Wildman–Crippen MR) is 113 cm³/mol. The molecule has 30 heavy (non-hydrogen) atoms. The van der Waals surface area contributed by atoms with Crippen LogP contribution in [-0.4, -0.2) is 22.0 Å². The van der Waals surface area contributed by atoms with Gasteiger partial charge in [-0.1, -0.05) is 18.9 Å². The maximum Gasteiger partial charge on any atom is 0.312 e. The highest BCUT2D eigenvalue weighted by atomic mass is 32.2. The van der Waals surface area contributed by atoms with Crippen LogP contribution < -0.4 is 10.1 Å². The van der Waals surface area contributed by atoms with Crippen molar-refractivity contribution in [3.8, 4) is 11.5 Å². The summed E-state index contributed by atoms with van der Waals surface area (Å²) in [6, 6.07) is 9.86. The first-order valence-electron chi connectivity index (χ1n) is 9.48. The molecule has 0 aromatic heterocycles. The third-order valence-electron chi connectivity index (χ3n) is 4.79. The van der Waals surface area contributed by atoms with Crippen LogP contribution in [0.4, 0.5) is 10.1 Å². The Hall–Kier alpha value is -3.20. The Balaban J connectivity index is 1.55. The molecule has 2 aromatic carbocycles. The number of nitro benzene ring substituents is 1. The number of aliphatic imine (C=N–C) groups is 1. The molecule has 1 aliphatic heterocycles. The Kier molecular flexibility index (Phi) is 5.80. The molecule has 2 aromatic rings. The normalized spacial score (nSPS) is 19.4. The van der Waals surface area contributed by atoms with Crippen molar-refractivity contribution in [3.63, 3.8) is 0 Å². The summed E-state index contributed by atoms with van der Waals surface area (Å²) in [5, 5.41) is 14.8. The number of nitrogens with one attached hydrogen (secondary N) is 1. The first-order valence-corrected chi connectivity index (χ1v) is 10.3. The third-order valence-corrected chi connectivity index (χ3v) is 5.72. The molecule has 1 amide bonds. The quantitative estimate of drug-likeness (QED) is 0.410. The van der Waals surface area contributed by atoms with E-state index in [-0.39, 0.29) is 29.1 Å². The predicted octanol–water partition coefficient (Wildman–Crippen LogP) is 5.03. The lowest BCUT2D eigenvalue weighted by Crippen LogP contribution is -2.21. The van der Waals surface area contributed by atoms with E-state index in [0.717, 1.165) is 25.7 Å². The molecule has 0 bridgehead atoms. The van der Waals surface area contributed by atoms with Crippen molar-refractivity contribution in [1.82, 2.24) is 5.32 Å². The maximum absolute atomic E-state index is 13.0. The van der Waals surface area contributed by atoms with E-state index in [0.29, 0.717) is 15.6 Å². The van der Waals surface area contributed by atoms with E-state index in [1.165, 1.54) is 48.2 Å². The SMILES string of the molecule is O=C1NC(=NC2CCCC2)S/C1=C\c1ccc(Oc2ccc(F)cc2)c([N+](=O)[O-])c1. The Bertz CT molecular complexity index is 1050. The van der Waals surface area contributed by atoms with Gasteiger partial charge in [-0.05, 0) is 66.6 Å². The van der Waals surface area contributed by atoms with E-state index in [1.807, 2.05) is 0 Å². The molecule has 154 valence electrons. The third kappa shape index (κ3) is 4.68. The largest absolute Gasteiger partial charge is 0.450 e. The fourth-order valence-corrected chi connectivity index (χ4v) is 4.21. The molecular formula is C21H18FN3O4S. The molecule has 0 unspecified atom stereocenters. The molecule has 1 heterocycles. The van der Waals surface area contributed by atoms with Gasteiger partial charge < -0.3 is 10.1 Å². The zero-order valence-corrected chi connectivity index (χ0v) is 16.7. The second kappa shape index (κ2) is 8.66. The number of nitrogens with zero attached hydrogens (tertiary/aromatic N) is 2. The zero-order chi connectivity index (χ0) is 21.1. The highest BCUT2D eigenvalue weighted by Gasteiger charge is 2.26. The van der Waals surface area contributed by atoms with Gasteiger partial charge in [0.05, 0.1) is 15.9 Å². The van der Waals surface area contributed by atoms with E-state index in [9.17, 15) is 19.3 Å². The fourth-order valence-electron chi connectivity index (χ4n) is 3.32. The molecule has 0 radical (unpaired) electrons. The molecule has 4 rings (SSSR count). The minimum absolute atomic E-state index is 0.0285. The second-order valence-electron chi connectivity index (χ2n) is 6.98. The highest BCUT2D eigenvalue weighted by Crippen LogP contribution is 2.34. The number of carbonyl (C=O) groups is 1. The average Bonchev–Trinajstić information content (AvgIpc) is 3.34. The molecule has 0 spiro atoms. The average molecular weight is 427 g/mol. The first kappa shape index (κ1) is 20.1. The zero-order valence-electron chi connectivity index (χ0n) is 15.8. The number of halogens is 1. The molecule has 9 heteroatoms. The second-order valence-corrected chi connectivity index (χ2v) is 8.01. The number of amidine groups is 1. The molecule has 7 nitrogen and oxygen atoms in total. The van der Waals surface area contributed by atoms with Crippen molar-refractivity contribution in [2.45, 2.75) is 31.7 Å². The number of thioether (sulfide) groups is 1. The van der Waals surface area contributed by atoms with Gasteiger partial charge in [-0.25, -0.2) is 4.39 Å². The summed E-state index contributed by atoms with van der Waals surface area (Å²) < 4.78 is 18.6. The van der Waals surface area contributed by atoms with Crippen LogP contribution in [0.3, 0.4) is 0 Å². The van der Waals surface area contributed by atoms with Gasteiger partial charge in [0.1, 0.15) is 11.6 Å². The number of ether oxygens (including phenoxy) is 1. The number of hydrogen-bond acceptors (Lipinski definition) is 6. The number of nitro groups is 1. The van der Waals surface area contributed by atoms with Gasteiger partial charge in [0, 0.05) is 6.07 Å². The van der Waals surface area contributed by atoms with E-state index < -0.39 is 10.7 Å². The summed E-state index contributed by atoms with van der Waals surface area (Å²) in [4.78, 5) is 28.2. The summed E-state index contributed by atoms with van der Waals surface area (Å²) in [7, 11) is 0. The molecule has 1 N–H and O–H groups in total. The van der Waals surface area contributed by atoms with Crippen LogP contribution in [-0.2, 0) is 4.79 Å². The summed E-state index contributed by atoms with van der Waals surface area (Å²) >= 11 is 1.24. The Labute approximate surface area is 176 Å². The van der Waals surface area contributed by atoms with Crippen molar-refractivity contribution < 1.29 is 18.8 Å². The smallest absolute Gasteiger partial charge is 0.312 e. The lowest BCUT2D eigenvalue weighted by molar-refractivity contribution is -0.385. The standard InChI is InChI=1S/C21H18FN3O4S/c22-14-6-8-16(9-7-14)29-18-10-5-13(11-17(18)25(27)28)12-19-20(26)24-21(30-19)23-15-3-1-2-4-15/h5-12,15H,1-4H2,(H,23,24,26)/b19-12-. The van der Waals surface area contributed by atoms with Crippen LogP contribution >= 0.6 is 11.8 Å². The first-order chi connectivity index (χ1) is 14.5. The van der Waals surface area contributed by atoms with Gasteiger partial charge in [-0.3, -0.25) is 19.9 Å². The van der Waals surface area contributed by atoms with Crippen molar-refractivity contribution in [2.24, 2.45) is 4.99 Å². The number of rotatable bonds is 5. The van der Waals surface area contributed by atoms with Crippen LogP contribution in [0.2, 0.25) is 0 Å². The minimum Gasteiger partial charge on any atom is -0.450 e. The Morgan fingerprint density at radius 3 is 2.63 bits per heavy atom. The lowest BCUT2D eigenvalue weighted by Gasteiger charge is -2.07. The van der Waals surface area contributed by atoms with E-state index >= 15 is 0 Å². The van der Waals surface area contributed by atoms with Crippen LogP contribution in [0, 0.1) is 15.9 Å². The number of amides is 1. The summed E-state index contributed by atoms with van der Waals surface area (Å²) in [5.41, 5.74) is 0.241. The molecule has 2 fully saturated rings. The number of hydrogen-bond donors (Lipinski definition) is 1. The number of benzene rings is 2. The van der Waals surface area contributed by atoms with Gasteiger partial charge in [-0.15, -0.1) is 0 Å². The minimum atomic E-state index is -0.560. The van der Waals surface area contributed by atoms with Crippen LogP contribution in [0.15, 0.2) is 52.4 Å². The Morgan fingerprint density at radius 1 is 1.20 bits per heavy atom. The number of carbonyl (C=O) groups excluding carboxylic acids is 1. The molecular weight excluding hydrogens is 409 g/mol. The van der Waals surface area contributed by atoms with Crippen molar-refractivity contribution >= 4 is 34.6 Å². The van der Waals surface area contributed by atoms with Crippen LogP contribution in [0.5, 0.6) is 11.5 Å². The van der Waals surface area contributed by atoms with E-state index in [2.05, 4.69) is 10.3 Å². The molecule has 1 aliphatic carbocycles. The fraction of sp³-hybridized carbons (Fsp3) is 0.238. The molecule has 0 atom stereocenters. The highest BCUT2D eigenvalue weighted by molar-refractivity contribution is 8.18. The summed E-state index contributed by atoms with van der Waals surface area (Å²) in [6.45, 7) is 0. The van der Waals surface area contributed by atoms with Gasteiger partial charge in [0.15, 0.2) is 5.17 Å². The van der Waals surface area contributed by atoms with E-state index in [4.69, 9.17) is 4.74 Å². The maximum atomic E-state index is 13.0. The van der Waals surface area contributed by atoms with Crippen molar-refractivity contribution in [2.75, 3.05) is 0 Å². The monoisotopic (exact) mass is 427 g/mol. The summed E-state index contributed by atoms with van der Waals surface area (Å²) in [5.74, 6) is -0.391. The topological polar surface area (TPSA) is 93.8 Å².